The van der Waals surface area contributed by atoms with Gasteiger partial charge in [-0.2, -0.15) is 0 Å². The van der Waals surface area contributed by atoms with Crippen LogP contribution < -0.4 is 0 Å². The van der Waals surface area contributed by atoms with Crippen LogP contribution in [0.5, 0.6) is 0 Å². The van der Waals surface area contributed by atoms with Gasteiger partial charge in [0.25, 0.3) is 0 Å². The second-order valence-corrected chi connectivity index (χ2v) is 7.68. The average molecular weight is 383 g/mol. The van der Waals surface area contributed by atoms with Gasteiger partial charge >= 0.3 is 5.97 Å². The molecule has 1 aromatic heterocycles. The van der Waals surface area contributed by atoms with E-state index in [2.05, 4.69) is 9.97 Å². The number of aryl methyl sites for hydroxylation is 1. The molecule has 0 saturated heterocycles. The van der Waals surface area contributed by atoms with Crippen molar-refractivity contribution in [2.75, 3.05) is 0 Å². The lowest BCUT2D eigenvalue weighted by molar-refractivity contribution is -0.144. The van der Waals surface area contributed by atoms with E-state index < -0.39 is 11.4 Å². The predicted molar refractivity (Wildman–Crippen MR) is 103 cm³/mol. The minimum Gasteiger partial charge on any atom is -0.481 e. The summed E-state index contributed by atoms with van der Waals surface area (Å²) in [5, 5.41) is 10.0. The average Bonchev–Trinajstić information content (AvgIpc) is 3.19. The number of H-pyrrole nitrogens is 1. The first-order valence-electron chi connectivity index (χ1n) is 8.91. The number of Topliss-reactive ketones (excluding diaryl/α,β-unsaturated/α-hetero) is 1. The van der Waals surface area contributed by atoms with Gasteiger partial charge in [-0.3, -0.25) is 9.59 Å². The van der Waals surface area contributed by atoms with Crippen molar-refractivity contribution in [3.8, 4) is 0 Å². The van der Waals surface area contributed by atoms with Crippen molar-refractivity contribution < 1.29 is 14.7 Å². The van der Waals surface area contributed by atoms with Crippen LogP contribution in [0.2, 0.25) is 5.02 Å². The molecule has 0 atom stereocenters. The minimum atomic E-state index is -0.936. The quantitative estimate of drug-likeness (QED) is 0.675. The largest absolute Gasteiger partial charge is 0.481 e. The van der Waals surface area contributed by atoms with Crippen LogP contribution >= 0.6 is 11.6 Å². The maximum atomic E-state index is 13.1. The molecule has 0 amide bonds. The molecule has 0 radical (unpaired) electrons. The van der Waals surface area contributed by atoms with Crippen LogP contribution in [0.1, 0.15) is 29.8 Å². The van der Waals surface area contributed by atoms with Gasteiger partial charge in [0.05, 0.1) is 17.5 Å². The Labute approximate surface area is 161 Å². The van der Waals surface area contributed by atoms with E-state index in [0.717, 1.165) is 22.2 Å². The number of imidazole rings is 1. The van der Waals surface area contributed by atoms with Gasteiger partial charge < -0.3 is 10.1 Å². The second kappa shape index (κ2) is 6.82. The summed E-state index contributed by atoms with van der Waals surface area (Å²) in [6, 6.07) is 13.2. The number of aromatic amines is 1. The zero-order chi connectivity index (χ0) is 19.0. The lowest BCUT2D eigenvalue weighted by Crippen LogP contribution is -2.35. The molecule has 0 saturated carbocycles. The molecule has 4 rings (SSSR count). The molecule has 2 aromatic carbocycles. The fourth-order valence-corrected chi connectivity index (χ4v) is 4.23. The molecule has 27 heavy (non-hydrogen) atoms. The van der Waals surface area contributed by atoms with E-state index in [1.165, 1.54) is 0 Å². The molecular formula is C21H19ClN2O3. The number of benzene rings is 2. The van der Waals surface area contributed by atoms with Crippen LogP contribution in [0, 0.1) is 5.41 Å². The molecule has 0 spiro atoms. The molecule has 138 valence electrons. The summed E-state index contributed by atoms with van der Waals surface area (Å²) in [4.78, 5) is 32.2. The summed E-state index contributed by atoms with van der Waals surface area (Å²) >= 11 is 5.99. The van der Waals surface area contributed by atoms with Crippen molar-refractivity contribution in [1.29, 1.82) is 0 Å². The highest BCUT2D eigenvalue weighted by molar-refractivity contribution is 6.31. The van der Waals surface area contributed by atoms with Gasteiger partial charge in [-0.15, -0.1) is 0 Å². The Morgan fingerprint density at radius 1 is 1.15 bits per heavy atom. The standard InChI is InChI=1S/C21H19ClN2O3/c22-15-5-6-16-17(9-15)24-19(23-16)8-7-18(25)21(12-20(26)27)10-13-3-1-2-4-14(13)11-21/h1-6,9H,7-8,10-12H2,(H,23,24)(H,26,27). The van der Waals surface area contributed by atoms with Crippen LogP contribution in [0.25, 0.3) is 11.0 Å². The number of carbonyl (C=O) groups excluding carboxylic acids is 1. The highest BCUT2D eigenvalue weighted by Crippen LogP contribution is 2.41. The van der Waals surface area contributed by atoms with Gasteiger partial charge in [0, 0.05) is 23.3 Å². The van der Waals surface area contributed by atoms with Crippen molar-refractivity contribution in [2.45, 2.75) is 32.1 Å². The Morgan fingerprint density at radius 2 is 1.85 bits per heavy atom. The third kappa shape index (κ3) is 3.47. The molecule has 1 heterocycles. The first kappa shape index (κ1) is 17.7. The number of carboxylic acids is 1. The van der Waals surface area contributed by atoms with Crippen molar-refractivity contribution >= 4 is 34.4 Å². The fraction of sp³-hybridized carbons (Fsp3) is 0.286. The van der Waals surface area contributed by atoms with E-state index in [9.17, 15) is 14.7 Å². The summed E-state index contributed by atoms with van der Waals surface area (Å²) in [6.45, 7) is 0. The number of hydrogen-bond acceptors (Lipinski definition) is 3. The maximum absolute atomic E-state index is 13.1. The van der Waals surface area contributed by atoms with Crippen LogP contribution in [-0.4, -0.2) is 26.8 Å². The van der Waals surface area contributed by atoms with Crippen LogP contribution in [0.4, 0.5) is 0 Å². The number of nitrogens with zero attached hydrogens (tertiary/aromatic N) is 1. The number of halogens is 1. The van der Waals surface area contributed by atoms with Gasteiger partial charge in [0.1, 0.15) is 11.6 Å². The van der Waals surface area contributed by atoms with Crippen molar-refractivity contribution in [3.63, 3.8) is 0 Å². The number of carboxylic acid groups (broad SMARTS) is 1. The molecular weight excluding hydrogens is 364 g/mol. The Balaban J connectivity index is 1.53. The Kier molecular flexibility index (Phi) is 4.48. The molecule has 6 heteroatoms. The number of carbonyl (C=O) groups is 2. The number of nitrogens with one attached hydrogen (secondary N) is 1. The molecule has 1 aliphatic carbocycles. The second-order valence-electron chi connectivity index (χ2n) is 7.24. The fourth-order valence-electron chi connectivity index (χ4n) is 4.05. The smallest absolute Gasteiger partial charge is 0.304 e. The summed E-state index contributed by atoms with van der Waals surface area (Å²) in [7, 11) is 0. The van der Waals surface area contributed by atoms with Gasteiger partial charge in [-0.05, 0) is 42.2 Å². The third-order valence-corrected chi connectivity index (χ3v) is 5.57. The molecule has 0 bridgehead atoms. The van der Waals surface area contributed by atoms with E-state index in [0.29, 0.717) is 30.1 Å². The molecule has 0 unspecified atom stereocenters. The first-order chi connectivity index (χ1) is 12.9. The van der Waals surface area contributed by atoms with Crippen LogP contribution in [0.3, 0.4) is 0 Å². The maximum Gasteiger partial charge on any atom is 0.304 e. The van der Waals surface area contributed by atoms with Crippen molar-refractivity contribution in [3.05, 3.63) is 64.4 Å². The summed E-state index contributed by atoms with van der Waals surface area (Å²) in [6.07, 6.45) is 1.54. The monoisotopic (exact) mass is 382 g/mol. The molecule has 2 N–H and O–H groups in total. The highest BCUT2D eigenvalue weighted by atomic mass is 35.5. The molecule has 5 nitrogen and oxygen atoms in total. The SMILES string of the molecule is O=C(O)CC1(C(=O)CCc2nc3ccc(Cl)cc3[nH]2)Cc2ccccc2C1. The van der Waals surface area contributed by atoms with Crippen molar-refractivity contribution in [2.24, 2.45) is 5.41 Å². The summed E-state index contributed by atoms with van der Waals surface area (Å²) in [5.41, 5.74) is 2.93. The molecule has 0 fully saturated rings. The van der Waals surface area contributed by atoms with E-state index in [1.807, 2.05) is 30.3 Å². The van der Waals surface area contributed by atoms with Crippen molar-refractivity contribution in [1.82, 2.24) is 9.97 Å². The summed E-state index contributed by atoms with van der Waals surface area (Å²) < 4.78 is 0. The van der Waals surface area contributed by atoms with Gasteiger partial charge in [0.2, 0.25) is 0 Å². The van der Waals surface area contributed by atoms with E-state index in [1.54, 1.807) is 12.1 Å². The van der Waals surface area contributed by atoms with Gasteiger partial charge in [-0.25, -0.2) is 4.98 Å². The summed E-state index contributed by atoms with van der Waals surface area (Å²) in [5.74, 6) is -0.240. The molecule has 1 aliphatic rings. The normalized spacial score (nSPS) is 15.0. The highest BCUT2D eigenvalue weighted by Gasteiger charge is 2.44. The number of aliphatic carboxylic acids is 1. The number of aromatic nitrogens is 2. The van der Waals surface area contributed by atoms with Gasteiger partial charge in [0.15, 0.2) is 0 Å². The van der Waals surface area contributed by atoms with E-state index in [4.69, 9.17) is 11.6 Å². The lowest BCUT2D eigenvalue weighted by atomic mass is 9.76. The van der Waals surface area contributed by atoms with E-state index >= 15 is 0 Å². The number of rotatable bonds is 6. The Hall–Kier alpha value is -2.66. The Morgan fingerprint density at radius 3 is 2.52 bits per heavy atom. The van der Waals surface area contributed by atoms with Crippen LogP contribution in [-0.2, 0) is 28.9 Å². The molecule has 0 aliphatic heterocycles. The zero-order valence-electron chi connectivity index (χ0n) is 14.7. The molecule has 3 aromatic rings. The predicted octanol–water partition coefficient (Wildman–Crippen LogP) is 3.98. The third-order valence-electron chi connectivity index (χ3n) is 5.34. The number of hydrogen-bond donors (Lipinski definition) is 2. The van der Waals surface area contributed by atoms with E-state index in [-0.39, 0.29) is 18.6 Å². The zero-order valence-corrected chi connectivity index (χ0v) is 15.4. The Bertz CT molecular complexity index is 1020. The lowest BCUT2D eigenvalue weighted by Gasteiger charge is -2.25. The number of fused-ring (bicyclic) bond motifs is 2. The van der Waals surface area contributed by atoms with Gasteiger partial charge in [-0.1, -0.05) is 35.9 Å². The first-order valence-corrected chi connectivity index (χ1v) is 9.29. The topological polar surface area (TPSA) is 83.0 Å². The van der Waals surface area contributed by atoms with Crippen LogP contribution in [0.15, 0.2) is 42.5 Å². The minimum absolute atomic E-state index is 0.0143. The number of ketones is 1.